The van der Waals surface area contributed by atoms with Crippen molar-refractivity contribution in [3.63, 3.8) is 0 Å². The zero-order valence-electron chi connectivity index (χ0n) is 12.0. The summed E-state index contributed by atoms with van der Waals surface area (Å²) in [6.45, 7) is 0.200. The molecule has 0 fully saturated rings. The van der Waals surface area contributed by atoms with E-state index >= 15 is 0 Å². The van der Waals surface area contributed by atoms with Crippen LogP contribution < -0.4 is 5.32 Å². The summed E-state index contributed by atoms with van der Waals surface area (Å²) in [7, 11) is 1.57. The zero-order valence-corrected chi connectivity index (χ0v) is 12.0. The van der Waals surface area contributed by atoms with Crippen molar-refractivity contribution in [1.82, 2.24) is 20.3 Å². The van der Waals surface area contributed by atoms with Crippen LogP contribution in [0, 0.1) is 0 Å². The predicted octanol–water partition coefficient (Wildman–Crippen LogP) is 0.480. The number of hydrogen-bond acceptors (Lipinski definition) is 5. The average Bonchev–Trinajstić information content (AvgIpc) is 2.97. The van der Waals surface area contributed by atoms with Crippen molar-refractivity contribution in [1.29, 1.82) is 0 Å². The third-order valence-corrected chi connectivity index (χ3v) is 3.00. The summed E-state index contributed by atoms with van der Waals surface area (Å²) in [6, 6.07) is 9.52. The molecule has 1 aromatic carbocycles. The Hall–Kier alpha value is -2.74. The minimum atomic E-state index is -1.19. The van der Waals surface area contributed by atoms with Gasteiger partial charge in [0, 0.05) is 13.7 Å². The SMILES string of the molecule is COC(CNC(=O)Cn1cc(C(=O)O)nn1)c1ccccc1. The number of ether oxygens (including phenoxy) is 1. The molecule has 22 heavy (non-hydrogen) atoms. The summed E-state index contributed by atoms with van der Waals surface area (Å²) < 4.78 is 6.52. The van der Waals surface area contributed by atoms with Crippen LogP contribution in [0.15, 0.2) is 36.5 Å². The molecular weight excluding hydrogens is 288 g/mol. The molecule has 2 aromatic rings. The van der Waals surface area contributed by atoms with Crippen molar-refractivity contribution < 1.29 is 19.4 Å². The fourth-order valence-corrected chi connectivity index (χ4v) is 1.89. The molecule has 2 N–H and O–H groups in total. The van der Waals surface area contributed by atoms with Gasteiger partial charge in [0.25, 0.3) is 0 Å². The van der Waals surface area contributed by atoms with E-state index in [0.29, 0.717) is 6.54 Å². The topological polar surface area (TPSA) is 106 Å². The highest BCUT2D eigenvalue weighted by Crippen LogP contribution is 2.14. The highest BCUT2D eigenvalue weighted by Gasteiger charge is 2.13. The van der Waals surface area contributed by atoms with Crippen LogP contribution in [0.2, 0.25) is 0 Å². The standard InChI is InChI=1S/C14H16N4O4/c1-22-12(10-5-3-2-4-6-10)7-15-13(19)9-18-8-11(14(20)21)16-17-18/h2-6,8,12H,7,9H2,1H3,(H,15,19)(H,20,21). The molecule has 1 atom stereocenters. The van der Waals surface area contributed by atoms with Crippen LogP contribution in [0.4, 0.5) is 0 Å². The number of carbonyl (C=O) groups excluding carboxylic acids is 1. The second kappa shape index (κ2) is 7.32. The number of nitrogens with one attached hydrogen (secondary N) is 1. The molecular formula is C14H16N4O4. The number of carbonyl (C=O) groups is 2. The first-order valence-electron chi connectivity index (χ1n) is 6.58. The Bertz CT molecular complexity index is 641. The van der Waals surface area contributed by atoms with Gasteiger partial charge >= 0.3 is 5.97 Å². The van der Waals surface area contributed by atoms with Crippen LogP contribution in [0.1, 0.15) is 22.2 Å². The largest absolute Gasteiger partial charge is 0.476 e. The Morgan fingerprint density at radius 2 is 2.09 bits per heavy atom. The van der Waals surface area contributed by atoms with E-state index in [1.807, 2.05) is 30.3 Å². The molecule has 0 bridgehead atoms. The Morgan fingerprint density at radius 3 is 2.68 bits per heavy atom. The van der Waals surface area contributed by atoms with Crippen molar-refractivity contribution >= 4 is 11.9 Å². The van der Waals surface area contributed by atoms with Gasteiger partial charge in [-0.25, -0.2) is 9.48 Å². The van der Waals surface area contributed by atoms with Gasteiger partial charge in [0.15, 0.2) is 5.69 Å². The highest BCUT2D eigenvalue weighted by molar-refractivity contribution is 5.84. The number of benzene rings is 1. The Kier molecular flexibility index (Phi) is 5.21. The van der Waals surface area contributed by atoms with Gasteiger partial charge < -0.3 is 15.2 Å². The maximum atomic E-state index is 11.8. The summed E-state index contributed by atoms with van der Waals surface area (Å²) in [5.74, 6) is -1.49. The quantitative estimate of drug-likeness (QED) is 0.770. The van der Waals surface area contributed by atoms with E-state index in [1.54, 1.807) is 7.11 Å². The molecule has 0 radical (unpaired) electrons. The molecule has 8 nitrogen and oxygen atoms in total. The molecule has 0 aliphatic rings. The molecule has 0 spiro atoms. The van der Waals surface area contributed by atoms with Gasteiger partial charge in [-0.1, -0.05) is 35.5 Å². The van der Waals surface area contributed by atoms with E-state index in [2.05, 4.69) is 15.6 Å². The molecule has 0 saturated heterocycles. The van der Waals surface area contributed by atoms with Crippen molar-refractivity contribution in [2.75, 3.05) is 13.7 Å². The smallest absolute Gasteiger partial charge is 0.358 e. The lowest BCUT2D eigenvalue weighted by atomic mass is 10.1. The van der Waals surface area contributed by atoms with E-state index in [-0.39, 0.29) is 24.2 Å². The number of carboxylic acids is 1. The first-order valence-corrected chi connectivity index (χ1v) is 6.58. The second-order valence-electron chi connectivity index (χ2n) is 4.55. The molecule has 0 saturated carbocycles. The monoisotopic (exact) mass is 304 g/mol. The number of methoxy groups -OCH3 is 1. The number of nitrogens with zero attached hydrogens (tertiary/aromatic N) is 3. The van der Waals surface area contributed by atoms with Crippen LogP contribution in [0.5, 0.6) is 0 Å². The normalized spacial score (nSPS) is 11.9. The molecule has 1 heterocycles. The van der Waals surface area contributed by atoms with Gasteiger partial charge in [0.1, 0.15) is 6.54 Å². The van der Waals surface area contributed by atoms with E-state index < -0.39 is 5.97 Å². The van der Waals surface area contributed by atoms with E-state index in [4.69, 9.17) is 9.84 Å². The van der Waals surface area contributed by atoms with Crippen molar-refractivity contribution in [3.8, 4) is 0 Å². The minimum Gasteiger partial charge on any atom is -0.476 e. The van der Waals surface area contributed by atoms with Gasteiger partial charge in [-0.05, 0) is 5.56 Å². The van der Waals surface area contributed by atoms with Crippen molar-refractivity contribution in [2.45, 2.75) is 12.6 Å². The van der Waals surface area contributed by atoms with Crippen LogP contribution >= 0.6 is 0 Å². The van der Waals surface area contributed by atoms with E-state index in [9.17, 15) is 9.59 Å². The molecule has 2 rings (SSSR count). The maximum Gasteiger partial charge on any atom is 0.358 e. The number of hydrogen-bond donors (Lipinski definition) is 2. The van der Waals surface area contributed by atoms with E-state index in [1.165, 1.54) is 10.9 Å². The lowest BCUT2D eigenvalue weighted by Gasteiger charge is -2.16. The summed E-state index contributed by atoms with van der Waals surface area (Å²) in [5, 5.41) is 18.5. The third kappa shape index (κ3) is 4.13. The van der Waals surface area contributed by atoms with Gasteiger partial charge in [0.2, 0.25) is 5.91 Å². The molecule has 116 valence electrons. The van der Waals surface area contributed by atoms with Gasteiger partial charge in [-0.2, -0.15) is 0 Å². The number of aromatic nitrogens is 3. The summed E-state index contributed by atoms with van der Waals surface area (Å²) in [6.07, 6.45) is 0.947. The lowest BCUT2D eigenvalue weighted by molar-refractivity contribution is -0.122. The first-order chi connectivity index (χ1) is 10.6. The number of aromatic carboxylic acids is 1. The molecule has 1 unspecified atom stereocenters. The summed E-state index contributed by atoms with van der Waals surface area (Å²) in [4.78, 5) is 22.5. The molecule has 0 aliphatic carbocycles. The van der Waals surface area contributed by atoms with Crippen molar-refractivity contribution in [3.05, 3.63) is 47.8 Å². The van der Waals surface area contributed by atoms with Gasteiger partial charge in [0.05, 0.1) is 12.3 Å². The highest BCUT2D eigenvalue weighted by atomic mass is 16.5. The fourth-order valence-electron chi connectivity index (χ4n) is 1.89. The molecule has 1 amide bonds. The minimum absolute atomic E-state index is 0.106. The van der Waals surface area contributed by atoms with Gasteiger partial charge in [-0.3, -0.25) is 4.79 Å². The van der Waals surface area contributed by atoms with Gasteiger partial charge in [-0.15, -0.1) is 5.10 Å². The third-order valence-electron chi connectivity index (χ3n) is 3.00. The van der Waals surface area contributed by atoms with Crippen LogP contribution in [-0.4, -0.2) is 45.6 Å². The van der Waals surface area contributed by atoms with E-state index in [0.717, 1.165) is 5.56 Å². The number of rotatable bonds is 7. The Balaban J connectivity index is 1.87. The predicted molar refractivity (Wildman–Crippen MR) is 76.2 cm³/mol. The maximum absolute atomic E-state index is 11.8. The lowest BCUT2D eigenvalue weighted by Crippen LogP contribution is -2.32. The molecule has 1 aromatic heterocycles. The Labute approximate surface area is 126 Å². The van der Waals surface area contributed by atoms with Crippen LogP contribution in [-0.2, 0) is 16.1 Å². The zero-order chi connectivity index (χ0) is 15.9. The Morgan fingerprint density at radius 1 is 1.36 bits per heavy atom. The fraction of sp³-hybridized carbons (Fsp3) is 0.286. The molecule has 8 heteroatoms. The van der Waals surface area contributed by atoms with Crippen LogP contribution in [0.3, 0.4) is 0 Å². The van der Waals surface area contributed by atoms with Crippen LogP contribution in [0.25, 0.3) is 0 Å². The van der Waals surface area contributed by atoms with Crippen molar-refractivity contribution in [2.24, 2.45) is 0 Å². The number of amides is 1. The summed E-state index contributed by atoms with van der Waals surface area (Å²) >= 11 is 0. The molecule has 0 aliphatic heterocycles. The average molecular weight is 304 g/mol. The number of carboxylic acid groups (broad SMARTS) is 1. The summed E-state index contributed by atoms with van der Waals surface area (Å²) in [5.41, 5.74) is 0.756. The second-order valence-corrected chi connectivity index (χ2v) is 4.55. The first kappa shape index (κ1) is 15.6.